The van der Waals surface area contributed by atoms with E-state index in [1.807, 2.05) is 42.5 Å². The summed E-state index contributed by atoms with van der Waals surface area (Å²) in [5, 5.41) is 7.42. The van der Waals surface area contributed by atoms with Crippen molar-refractivity contribution in [2.75, 3.05) is 13.7 Å². The number of ether oxygens (including phenoxy) is 3. The molecule has 1 atom stereocenters. The number of pyridine rings is 1. The van der Waals surface area contributed by atoms with Gasteiger partial charge in [0.05, 0.1) is 47.6 Å². The van der Waals surface area contributed by atoms with Gasteiger partial charge in [0.25, 0.3) is 5.97 Å². The number of aryl methyl sites for hydroxylation is 1. The number of hydrogen-bond acceptors (Lipinski definition) is 9. The van der Waals surface area contributed by atoms with Crippen LogP contribution in [-0.2, 0) is 24.7 Å². The Morgan fingerprint density at radius 1 is 1.05 bits per heavy atom. The van der Waals surface area contributed by atoms with E-state index in [0.717, 1.165) is 29.2 Å². The zero-order chi connectivity index (χ0) is 28.9. The first kappa shape index (κ1) is 26.6. The second-order valence-corrected chi connectivity index (χ2v) is 9.36. The number of carboxylic acid groups (broad SMARTS) is 1. The highest BCUT2D eigenvalue weighted by molar-refractivity contribution is 6.28. The number of esters is 2. The van der Waals surface area contributed by atoms with Crippen LogP contribution in [0.1, 0.15) is 59.1 Å². The molecule has 204 valence electrons. The van der Waals surface area contributed by atoms with E-state index in [2.05, 4.69) is 0 Å². The van der Waals surface area contributed by atoms with Crippen LogP contribution in [0.4, 0.5) is 5.69 Å². The maximum atomic E-state index is 13.2. The molecule has 1 aliphatic heterocycles. The Morgan fingerprint density at radius 3 is 2.40 bits per heavy atom. The van der Waals surface area contributed by atoms with E-state index in [0.29, 0.717) is 45.4 Å². The van der Waals surface area contributed by atoms with Crippen molar-refractivity contribution in [2.45, 2.75) is 33.3 Å². The van der Waals surface area contributed by atoms with Crippen molar-refractivity contribution in [1.82, 2.24) is 4.98 Å². The molecule has 0 spiro atoms. The molecular formula is C30H27N3O7. The summed E-state index contributed by atoms with van der Waals surface area (Å²) < 4.78 is 17.1. The van der Waals surface area contributed by atoms with Gasteiger partial charge in [-0.15, -0.1) is 0 Å². The Balaban J connectivity index is 0.000000758. The topological polar surface area (TPSA) is 150 Å². The van der Waals surface area contributed by atoms with Crippen molar-refractivity contribution in [1.29, 1.82) is 0 Å². The molecule has 0 saturated heterocycles. The van der Waals surface area contributed by atoms with Crippen molar-refractivity contribution in [2.24, 2.45) is 10.7 Å². The van der Waals surface area contributed by atoms with Crippen LogP contribution >= 0.6 is 0 Å². The lowest BCUT2D eigenvalue weighted by molar-refractivity contribution is -0.150. The first-order valence-corrected chi connectivity index (χ1v) is 12.6. The zero-order valence-electron chi connectivity index (χ0n) is 22.6. The summed E-state index contributed by atoms with van der Waals surface area (Å²) in [5.74, 6) is -1.24. The van der Waals surface area contributed by atoms with Crippen LogP contribution in [0.15, 0.2) is 53.0 Å². The van der Waals surface area contributed by atoms with Gasteiger partial charge in [-0.05, 0) is 32.0 Å². The van der Waals surface area contributed by atoms with Gasteiger partial charge >= 0.3 is 11.9 Å². The van der Waals surface area contributed by atoms with Gasteiger partial charge in [-0.3, -0.25) is 14.6 Å². The monoisotopic (exact) mass is 541 g/mol. The summed E-state index contributed by atoms with van der Waals surface area (Å²) in [7, 11) is 1.58. The largest absolute Gasteiger partial charge is 0.497 e. The van der Waals surface area contributed by atoms with Crippen LogP contribution in [0.3, 0.4) is 0 Å². The second-order valence-electron chi connectivity index (χ2n) is 9.36. The number of carbonyl (C=O) groups is 3. The third kappa shape index (κ3) is 3.75. The molecule has 2 aromatic carbocycles. The smallest absolute Gasteiger partial charge is 0.342 e. The predicted octanol–water partition coefficient (Wildman–Crippen LogP) is 4.27. The van der Waals surface area contributed by atoms with Crippen molar-refractivity contribution < 1.29 is 33.7 Å². The summed E-state index contributed by atoms with van der Waals surface area (Å²) >= 11 is 0. The predicted molar refractivity (Wildman–Crippen MR) is 147 cm³/mol. The summed E-state index contributed by atoms with van der Waals surface area (Å²) in [6.45, 7) is 6.13. The van der Waals surface area contributed by atoms with E-state index in [1.165, 1.54) is 6.92 Å². The molecule has 0 unspecified atom stereocenters. The van der Waals surface area contributed by atoms with Gasteiger partial charge < -0.3 is 25.1 Å². The number of aromatic nitrogens is 1. The maximum absolute atomic E-state index is 13.2. The number of carboxylic acids is 1. The summed E-state index contributed by atoms with van der Waals surface area (Å²) in [5.41, 5.74) is 12.1. The molecule has 3 N–H and O–H groups in total. The quantitative estimate of drug-likeness (QED) is 0.462. The van der Waals surface area contributed by atoms with Gasteiger partial charge in [0.2, 0.25) is 0 Å². The van der Waals surface area contributed by atoms with Crippen LogP contribution in [0, 0.1) is 6.92 Å². The number of benzene rings is 2. The van der Waals surface area contributed by atoms with Gasteiger partial charge in [-0.1, -0.05) is 24.3 Å². The lowest BCUT2D eigenvalue weighted by atomic mass is 9.78. The number of nitrogens with zero attached hydrogens (tertiary/aromatic N) is 2. The van der Waals surface area contributed by atoms with Crippen LogP contribution in [0.25, 0.3) is 17.0 Å². The summed E-state index contributed by atoms with van der Waals surface area (Å²) in [6.07, 6.45) is 0. The molecule has 0 fully saturated rings. The third-order valence-electron chi connectivity index (χ3n) is 6.90. The van der Waals surface area contributed by atoms with Crippen molar-refractivity contribution >= 4 is 35.0 Å². The first-order valence-electron chi connectivity index (χ1n) is 12.6. The minimum Gasteiger partial charge on any atom is -0.497 e. The second kappa shape index (κ2) is 9.64. The molecule has 6 rings (SSSR count). The van der Waals surface area contributed by atoms with E-state index >= 15 is 0 Å². The fourth-order valence-electron chi connectivity index (χ4n) is 5.60. The highest BCUT2D eigenvalue weighted by Gasteiger charge is 2.58. The first-order chi connectivity index (χ1) is 19.1. The molecule has 1 aromatic heterocycles. The number of aliphatic imine (C=N–C) groups is 1. The molecule has 0 saturated carbocycles. The van der Waals surface area contributed by atoms with E-state index in [-0.39, 0.29) is 12.2 Å². The van der Waals surface area contributed by atoms with E-state index in [4.69, 9.17) is 39.8 Å². The van der Waals surface area contributed by atoms with Gasteiger partial charge in [0.1, 0.15) is 11.3 Å². The third-order valence-corrected chi connectivity index (χ3v) is 6.90. The minimum atomic E-state index is -1.43. The standard InChI is InChI=1S/C28H23N3O5.C2H4O2/c1-5-35-27(33)20-13(2)30-25-17-8-6-7-9-19(17)28(36-14(3)32)21-23(29)18-12-15(34-4)10-11-16(18)24(21)31-26(20)22(25)28;1-2(3)4/h6-12H,5,29H2,1-4H3;1H3,(H,3,4)/t28-;/m1./s1. The maximum Gasteiger partial charge on any atom is 0.342 e. The normalized spacial score (nSPS) is 16.9. The number of methoxy groups -OCH3 is 1. The molecule has 3 aliphatic rings. The molecule has 10 nitrogen and oxygen atoms in total. The zero-order valence-corrected chi connectivity index (χ0v) is 22.6. The summed E-state index contributed by atoms with van der Waals surface area (Å²) in [6, 6.07) is 13.1. The Labute approximate surface area is 230 Å². The molecule has 0 radical (unpaired) electrons. The van der Waals surface area contributed by atoms with Gasteiger partial charge in [0.15, 0.2) is 5.60 Å². The minimum absolute atomic E-state index is 0.196. The Morgan fingerprint density at radius 2 is 1.75 bits per heavy atom. The number of hydrogen-bond donors (Lipinski definition) is 2. The lowest BCUT2D eigenvalue weighted by Gasteiger charge is -2.37. The van der Waals surface area contributed by atoms with Crippen LogP contribution in [-0.4, -0.2) is 47.4 Å². The highest BCUT2D eigenvalue weighted by Crippen LogP contribution is 2.62. The van der Waals surface area contributed by atoms with Gasteiger partial charge in [0, 0.05) is 41.8 Å². The molecule has 10 heteroatoms. The molecule has 3 aromatic rings. The number of rotatable bonds is 4. The van der Waals surface area contributed by atoms with E-state index < -0.39 is 23.5 Å². The van der Waals surface area contributed by atoms with Gasteiger partial charge in [-0.2, -0.15) is 0 Å². The number of aliphatic carboxylic acids is 1. The van der Waals surface area contributed by atoms with Crippen molar-refractivity contribution in [3.05, 3.63) is 81.5 Å². The molecule has 2 aliphatic carbocycles. The Hall–Kier alpha value is -4.99. The Kier molecular flexibility index (Phi) is 6.41. The molecule has 0 bridgehead atoms. The summed E-state index contributed by atoms with van der Waals surface area (Å²) in [4.78, 5) is 44.7. The van der Waals surface area contributed by atoms with Crippen molar-refractivity contribution in [3.8, 4) is 17.0 Å². The van der Waals surface area contributed by atoms with E-state index in [1.54, 1.807) is 21.0 Å². The fourth-order valence-corrected chi connectivity index (χ4v) is 5.60. The average Bonchev–Trinajstić information content (AvgIpc) is 3.33. The van der Waals surface area contributed by atoms with Gasteiger partial charge in [-0.25, -0.2) is 9.79 Å². The average molecular weight is 542 g/mol. The lowest BCUT2D eigenvalue weighted by Crippen LogP contribution is -2.39. The Bertz CT molecular complexity index is 1680. The molecular weight excluding hydrogens is 514 g/mol. The highest BCUT2D eigenvalue weighted by atomic mass is 16.6. The number of fused-ring (bicyclic) bond motifs is 7. The van der Waals surface area contributed by atoms with Crippen LogP contribution in [0.5, 0.6) is 5.75 Å². The SMILES string of the molecule is CC(=O)O.CCOC(=O)c1c(C)nc2c3c1N=C1C(=C(N)c4cc(OC)ccc41)[C@]3(OC(C)=O)c1ccccc1-2. The van der Waals surface area contributed by atoms with Crippen LogP contribution < -0.4 is 10.5 Å². The number of nitrogens with two attached hydrogens (primary N) is 1. The van der Waals surface area contributed by atoms with Crippen LogP contribution in [0.2, 0.25) is 0 Å². The van der Waals surface area contributed by atoms with E-state index in [9.17, 15) is 9.59 Å². The van der Waals surface area contributed by atoms with Crippen molar-refractivity contribution in [3.63, 3.8) is 0 Å². The number of carbonyl (C=O) groups excluding carboxylic acids is 2. The molecule has 40 heavy (non-hydrogen) atoms. The molecule has 0 amide bonds. The molecule has 2 heterocycles. The fraction of sp³-hybridized carbons (Fsp3) is 0.233.